The maximum Gasteiger partial charge on any atom is 0.0870 e. The van der Waals surface area contributed by atoms with Gasteiger partial charge in [-0.15, -0.1) is 6.58 Å². The Balaban J connectivity index is 2.95. The van der Waals surface area contributed by atoms with Crippen LogP contribution >= 0.6 is 15.9 Å². The number of alkyl halides is 1. The third-order valence-corrected chi connectivity index (χ3v) is 1.93. The quantitative estimate of drug-likeness (QED) is 0.404. The van der Waals surface area contributed by atoms with Crippen molar-refractivity contribution in [3.63, 3.8) is 0 Å². The zero-order valence-corrected chi connectivity index (χ0v) is 8.22. The second-order valence-corrected chi connectivity index (χ2v) is 2.96. The van der Waals surface area contributed by atoms with Crippen molar-refractivity contribution in [3.8, 4) is 0 Å². The first kappa shape index (κ1) is 11.1. The maximum atomic E-state index is 9.02. The molecular weight excluding hydrogens is 208 g/mol. The summed E-state index contributed by atoms with van der Waals surface area (Å²) >= 11 is 3.15. The molecule has 3 heteroatoms. The van der Waals surface area contributed by atoms with Crippen molar-refractivity contribution in [3.05, 3.63) is 12.7 Å². The van der Waals surface area contributed by atoms with Crippen molar-refractivity contribution in [2.24, 2.45) is 0 Å². The lowest BCUT2D eigenvalue weighted by molar-refractivity contribution is 0.0484. The van der Waals surface area contributed by atoms with Gasteiger partial charge in [0, 0.05) is 11.9 Å². The van der Waals surface area contributed by atoms with Crippen LogP contribution in [0.1, 0.15) is 12.8 Å². The van der Waals surface area contributed by atoms with Crippen LogP contribution in [0.2, 0.25) is 0 Å². The topological polar surface area (TPSA) is 29.5 Å². The number of hydrogen-bond acceptors (Lipinski definition) is 2. The Labute approximate surface area is 76.4 Å². The van der Waals surface area contributed by atoms with Crippen LogP contribution in [-0.2, 0) is 4.74 Å². The SMILES string of the molecule is C=CCCCOCC(O)CBr. The predicted octanol–water partition coefficient (Wildman–Crippen LogP) is 1.73. The number of hydrogen-bond donors (Lipinski definition) is 1. The predicted molar refractivity (Wildman–Crippen MR) is 50.1 cm³/mol. The highest BCUT2D eigenvalue weighted by Gasteiger charge is 1.99. The molecule has 66 valence electrons. The van der Waals surface area contributed by atoms with Crippen LogP contribution in [-0.4, -0.2) is 29.8 Å². The van der Waals surface area contributed by atoms with Gasteiger partial charge in [-0.2, -0.15) is 0 Å². The minimum atomic E-state index is -0.376. The minimum Gasteiger partial charge on any atom is -0.390 e. The molecule has 0 aromatic rings. The highest BCUT2D eigenvalue weighted by Crippen LogP contribution is 1.94. The first-order chi connectivity index (χ1) is 5.31. The number of halogens is 1. The Morgan fingerprint density at radius 2 is 2.36 bits per heavy atom. The minimum absolute atomic E-state index is 0.376. The second-order valence-electron chi connectivity index (χ2n) is 2.31. The molecule has 0 aliphatic rings. The summed E-state index contributed by atoms with van der Waals surface area (Å²) in [6.07, 6.45) is 3.45. The molecule has 0 aliphatic carbocycles. The third kappa shape index (κ3) is 8.04. The van der Waals surface area contributed by atoms with Gasteiger partial charge < -0.3 is 9.84 Å². The van der Waals surface area contributed by atoms with E-state index < -0.39 is 0 Å². The van der Waals surface area contributed by atoms with Gasteiger partial charge >= 0.3 is 0 Å². The first-order valence-electron chi connectivity index (χ1n) is 3.74. The lowest BCUT2D eigenvalue weighted by atomic mass is 10.3. The highest BCUT2D eigenvalue weighted by atomic mass is 79.9. The molecule has 0 heterocycles. The molecule has 0 spiro atoms. The molecule has 0 radical (unpaired) electrons. The summed E-state index contributed by atoms with van der Waals surface area (Å²) in [5.41, 5.74) is 0. The molecule has 1 atom stereocenters. The summed E-state index contributed by atoms with van der Waals surface area (Å²) in [7, 11) is 0. The van der Waals surface area contributed by atoms with E-state index in [1.807, 2.05) is 6.08 Å². The number of aliphatic hydroxyl groups is 1. The number of unbranched alkanes of at least 4 members (excludes halogenated alkanes) is 1. The Morgan fingerprint density at radius 1 is 1.64 bits per heavy atom. The van der Waals surface area contributed by atoms with E-state index in [-0.39, 0.29) is 6.10 Å². The lowest BCUT2D eigenvalue weighted by Gasteiger charge is -2.06. The van der Waals surface area contributed by atoms with E-state index in [2.05, 4.69) is 22.5 Å². The van der Waals surface area contributed by atoms with Crippen molar-refractivity contribution in [1.29, 1.82) is 0 Å². The summed E-state index contributed by atoms with van der Waals surface area (Å²) in [4.78, 5) is 0. The monoisotopic (exact) mass is 222 g/mol. The van der Waals surface area contributed by atoms with E-state index in [4.69, 9.17) is 9.84 Å². The largest absolute Gasteiger partial charge is 0.390 e. The van der Waals surface area contributed by atoms with Crippen LogP contribution in [0.15, 0.2) is 12.7 Å². The van der Waals surface area contributed by atoms with Gasteiger partial charge in [0.25, 0.3) is 0 Å². The Bertz CT molecular complexity index is 96.1. The van der Waals surface area contributed by atoms with E-state index in [0.717, 1.165) is 12.8 Å². The van der Waals surface area contributed by atoms with Crippen LogP contribution in [0.25, 0.3) is 0 Å². The first-order valence-corrected chi connectivity index (χ1v) is 4.86. The van der Waals surface area contributed by atoms with Crippen LogP contribution in [0.4, 0.5) is 0 Å². The highest BCUT2D eigenvalue weighted by molar-refractivity contribution is 9.09. The molecule has 0 fully saturated rings. The summed E-state index contributed by atoms with van der Waals surface area (Å²) in [6.45, 7) is 4.72. The van der Waals surface area contributed by atoms with Gasteiger partial charge in [0.2, 0.25) is 0 Å². The standard InChI is InChI=1S/C8H15BrO2/c1-2-3-4-5-11-7-8(10)6-9/h2,8,10H,1,3-7H2. The van der Waals surface area contributed by atoms with Gasteiger partial charge in [-0.25, -0.2) is 0 Å². The van der Waals surface area contributed by atoms with E-state index in [0.29, 0.717) is 18.5 Å². The van der Waals surface area contributed by atoms with Crippen LogP contribution < -0.4 is 0 Å². The van der Waals surface area contributed by atoms with Crippen molar-refractivity contribution in [2.75, 3.05) is 18.5 Å². The Morgan fingerprint density at radius 3 is 2.91 bits per heavy atom. The molecule has 11 heavy (non-hydrogen) atoms. The molecule has 0 saturated heterocycles. The van der Waals surface area contributed by atoms with Crippen LogP contribution in [0.3, 0.4) is 0 Å². The van der Waals surface area contributed by atoms with Crippen LogP contribution in [0, 0.1) is 0 Å². The van der Waals surface area contributed by atoms with Crippen LogP contribution in [0.5, 0.6) is 0 Å². The summed E-state index contributed by atoms with van der Waals surface area (Å²) < 4.78 is 5.16. The van der Waals surface area contributed by atoms with E-state index >= 15 is 0 Å². The van der Waals surface area contributed by atoms with Gasteiger partial charge in [-0.05, 0) is 12.8 Å². The number of rotatable bonds is 7. The van der Waals surface area contributed by atoms with Gasteiger partial charge in [-0.3, -0.25) is 0 Å². The molecular formula is C8H15BrO2. The molecule has 0 rings (SSSR count). The molecule has 0 aliphatic heterocycles. The van der Waals surface area contributed by atoms with Gasteiger partial charge in [0.15, 0.2) is 0 Å². The van der Waals surface area contributed by atoms with E-state index in [1.165, 1.54) is 0 Å². The summed E-state index contributed by atoms with van der Waals surface area (Å²) in [5.74, 6) is 0. The molecule has 0 aromatic heterocycles. The van der Waals surface area contributed by atoms with Gasteiger partial charge in [0.1, 0.15) is 0 Å². The Kier molecular flexibility index (Phi) is 8.34. The average molecular weight is 223 g/mol. The van der Waals surface area contributed by atoms with Gasteiger partial charge in [0.05, 0.1) is 12.7 Å². The molecule has 0 amide bonds. The van der Waals surface area contributed by atoms with Crippen molar-refractivity contribution >= 4 is 15.9 Å². The van der Waals surface area contributed by atoms with Crippen molar-refractivity contribution in [2.45, 2.75) is 18.9 Å². The smallest absolute Gasteiger partial charge is 0.0870 e. The second kappa shape index (κ2) is 8.24. The summed E-state index contributed by atoms with van der Waals surface area (Å²) in [5, 5.41) is 9.60. The molecule has 1 N–H and O–H groups in total. The van der Waals surface area contributed by atoms with Crippen molar-refractivity contribution < 1.29 is 9.84 Å². The fourth-order valence-electron chi connectivity index (χ4n) is 0.594. The van der Waals surface area contributed by atoms with E-state index in [9.17, 15) is 0 Å². The molecule has 0 bridgehead atoms. The molecule has 1 unspecified atom stereocenters. The molecule has 2 nitrogen and oxygen atoms in total. The number of ether oxygens (including phenoxy) is 1. The zero-order chi connectivity index (χ0) is 8.53. The average Bonchev–Trinajstić information content (AvgIpc) is 2.04. The maximum absolute atomic E-state index is 9.02. The third-order valence-electron chi connectivity index (χ3n) is 1.19. The Hall–Kier alpha value is 0.140. The van der Waals surface area contributed by atoms with Gasteiger partial charge in [-0.1, -0.05) is 22.0 Å². The molecule has 0 aromatic carbocycles. The lowest BCUT2D eigenvalue weighted by Crippen LogP contribution is -2.16. The van der Waals surface area contributed by atoms with Crippen molar-refractivity contribution in [1.82, 2.24) is 0 Å². The number of aliphatic hydroxyl groups excluding tert-OH is 1. The summed E-state index contributed by atoms with van der Waals surface area (Å²) in [6, 6.07) is 0. The van der Waals surface area contributed by atoms with E-state index in [1.54, 1.807) is 0 Å². The normalized spacial score (nSPS) is 12.9. The number of allylic oxidation sites excluding steroid dienone is 1. The fourth-order valence-corrected chi connectivity index (χ4v) is 0.781. The fraction of sp³-hybridized carbons (Fsp3) is 0.750. The molecule has 0 saturated carbocycles. The zero-order valence-electron chi connectivity index (χ0n) is 6.63.